The van der Waals surface area contributed by atoms with Crippen LogP contribution in [0.4, 0.5) is 5.69 Å². The average molecular weight is 405 g/mol. The number of likely N-dealkylation sites (N-methyl/N-ethyl adjacent to an activating group) is 1. The summed E-state index contributed by atoms with van der Waals surface area (Å²) in [5, 5.41) is 2.92. The lowest BCUT2D eigenvalue weighted by Crippen LogP contribution is -2.42. The van der Waals surface area contributed by atoms with Crippen molar-refractivity contribution in [1.29, 1.82) is 0 Å². The fraction of sp³-hybridized carbons (Fsp3) is 0.316. The van der Waals surface area contributed by atoms with E-state index in [0.717, 1.165) is 27.2 Å². The average Bonchev–Trinajstić information content (AvgIpc) is 2.58. The molecule has 1 unspecified atom stereocenters. The Bertz CT molecular complexity index is 766. The maximum absolute atomic E-state index is 12.2. The van der Waals surface area contributed by atoms with E-state index in [0.29, 0.717) is 13.2 Å². The third-order valence-corrected chi connectivity index (χ3v) is 4.83. The van der Waals surface area contributed by atoms with Gasteiger partial charge in [0.05, 0.1) is 6.54 Å². The maximum Gasteiger partial charge on any atom is 0.238 e. The Morgan fingerprint density at radius 3 is 2.80 bits per heavy atom. The van der Waals surface area contributed by atoms with Crippen LogP contribution in [0.3, 0.4) is 0 Å². The fourth-order valence-corrected chi connectivity index (χ4v) is 2.98. The Balaban J connectivity index is 1.50. The van der Waals surface area contributed by atoms with Crippen LogP contribution in [-0.2, 0) is 4.79 Å². The molecule has 5 nitrogen and oxygen atoms in total. The van der Waals surface area contributed by atoms with Crippen LogP contribution in [-0.4, -0.2) is 43.7 Å². The molecule has 2 aromatic rings. The molecule has 6 heteroatoms. The number of amides is 1. The zero-order valence-electron chi connectivity index (χ0n) is 14.3. The normalized spacial score (nSPS) is 15.9. The second-order valence-corrected chi connectivity index (χ2v) is 7.06. The minimum absolute atomic E-state index is 0.0543. The van der Waals surface area contributed by atoms with Crippen LogP contribution >= 0.6 is 15.9 Å². The van der Waals surface area contributed by atoms with E-state index in [9.17, 15) is 4.79 Å². The van der Waals surface area contributed by atoms with Crippen LogP contribution in [0, 0.1) is 6.92 Å². The number of para-hydroxylation sites is 2. The lowest BCUT2D eigenvalue weighted by molar-refractivity contribution is -0.117. The molecule has 1 heterocycles. The molecule has 0 aromatic heterocycles. The number of ether oxygens (including phenoxy) is 2. The number of aryl methyl sites for hydroxylation is 1. The van der Waals surface area contributed by atoms with Crippen molar-refractivity contribution in [3.8, 4) is 11.5 Å². The summed E-state index contributed by atoms with van der Waals surface area (Å²) in [6, 6.07) is 13.4. The topological polar surface area (TPSA) is 50.8 Å². The monoisotopic (exact) mass is 404 g/mol. The number of carbonyl (C=O) groups excluding carboxylic acids is 1. The van der Waals surface area contributed by atoms with Crippen LogP contribution in [0.1, 0.15) is 5.56 Å². The van der Waals surface area contributed by atoms with Crippen LogP contribution in [0.25, 0.3) is 0 Å². The predicted molar refractivity (Wildman–Crippen MR) is 101 cm³/mol. The number of carbonyl (C=O) groups is 1. The number of nitrogens with one attached hydrogen (secondary N) is 1. The molecule has 2 aromatic carbocycles. The highest BCUT2D eigenvalue weighted by atomic mass is 79.9. The highest BCUT2D eigenvalue weighted by Crippen LogP contribution is 2.30. The highest BCUT2D eigenvalue weighted by molar-refractivity contribution is 9.10. The van der Waals surface area contributed by atoms with E-state index in [1.165, 1.54) is 0 Å². The quantitative estimate of drug-likeness (QED) is 0.828. The molecule has 0 saturated carbocycles. The molecule has 0 aliphatic carbocycles. The van der Waals surface area contributed by atoms with Gasteiger partial charge >= 0.3 is 0 Å². The van der Waals surface area contributed by atoms with E-state index in [-0.39, 0.29) is 18.6 Å². The van der Waals surface area contributed by atoms with Gasteiger partial charge in [-0.15, -0.1) is 0 Å². The first-order valence-electron chi connectivity index (χ1n) is 8.14. The maximum atomic E-state index is 12.2. The Morgan fingerprint density at radius 1 is 1.28 bits per heavy atom. The van der Waals surface area contributed by atoms with Crippen molar-refractivity contribution in [3.05, 3.63) is 52.5 Å². The Labute approximate surface area is 156 Å². The van der Waals surface area contributed by atoms with Crippen molar-refractivity contribution in [2.24, 2.45) is 0 Å². The van der Waals surface area contributed by atoms with Crippen molar-refractivity contribution >= 4 is 27.5 Å². The zero-order chi connectivity index (χ0) is 17.8. The Hall–Kier alpha value is -2.05. The molecule has 132 valence electrons. The van der Waals surface area contributed by atoms with E-state index >= 15 is 0 Å². The first-order valence-corrected chi connectivity index (χ1v) is 8.93. The van der Waals surface area contributed by atoms with Gasteiger partial charge in [0.15, 0.2) is 11.5 Å². The first-order chi connectivity index (χ1) is 12.0. The van der Waals surface area contributed by atoms with Crippen molar-refractivity contribution in [3.63, 3.8) is 0 Å². The van der Waals surface area contributed by atoms with E-state index < -0.39 is 0 Å². The zero-order valence-corrected chi connectivity index (χ0v) is 15.9. The predicted octanol–water partition coefficient (Wildman–Crippen LogP) is 3.47. The number of anilines is 1. The fourth-order valence-electron chi connectivity index (χ4n) is 2.73. The van der Waals surface area contributed by atoms with Gasteiger partial charge in [-0.3, -0.25) is 9.69 Å². The van der Waals surface area contributed by atoms with Gasteiger partial charge in [-0.25, -0.2) is 0 Å². The second kappa shape index (κ2) is 7.89. The SMILES string of the molecule is Cc1cc(NC(=O)CN(C)CC2COc3ccccc3O2)ccc1Br. The minimum Gasteiger partial charge on any atom is -0.486 e. The Morgan fingerprint density at radius 2 is 2.04 bits per heavy atom. The van der Waals surface area contributed by atoms with Gasteiger partial charge in [-0.05, 0) is 49.9 Å². The lowest BCUT2D eigenvalue weighted by Gasteiger charge is -2.29. The molecule has 0 radical (unpaired) electrons. The summed E-state index contributed by atoms with van der Waals surface area (Å²) in [7, 11) is 1.90. The molecule has 3 rings (SSSR count). The molecule has 25 heavy (non-hydrogen) atoms. The molecule has 0 fully saturated rings. The van der Waals surface area contributed by atoms with E-state index in [2.05, 4.69) is 21.2 Å². The number of rotatable bonds is 5. The van der Waals surface area contributed by atoms with E-state index in [1.807, 2.05) is 61.3 Å². The highest BCUT2D eigenvalue weighted by Gasteiger charge is 2.22. The van der Waals surface area contributed by atoms with Crippen molar-refractivity contribution in [2.75, 3.05) is 32.1 Å². The molecule has 1 aliphatic rings. The van der Waals surface area contributed by atoms with E-state index in [1.54, 1.807) is 0 Å². The van der Waals surface area contributed by atoms with Gasteiger partial charge < -0.3 is 14.8 Å². The number of nitrogens with zero attached hydrogens (tertiary/aromatic N) is 1. The van der Waals surface area contributed by atoms with Gasteiger partial charge in [0.2, 0.25) is 5.91 Å². The van der Waals surface area contributed by atoms with Crippen molar-refractivity contribution in [1.82, 2.24) is 4.90 Å². The standard InChI is InChI=1S/C19H21BrN2O3/c1-13-9-14(7-8-16(13)20)21-19(23)11-22(2)10-15-12-24-17-5-3-4-6-18(17)25-15/h3-9,15H,10-12H2,1-2H3,(H,21,23). The molecule has 1 amide bonds. The summed E-state index contributed by atoms with van der Waals surface area (Å²) in [6.07, 6.45) is -0.0948. The van der Waals surface area contributed by atoms with Crippen LogP contribution in [0.5, 0.6) is 11.5 Å². The molecule has 0 saturated heterocycles. The van der Waals surface area contributed by atoms with E-state index in [4.69, 9.17) is 9.47 Å². The summed E-state index contributed by atoms with van der Waals surface area (Å²) < 4.78 is 12.7. The summed E-state index contributed by atoms with van der Waals surface area (Å²) in [6.45, 7) is 3.37. The summed E-state index contributed by atoms with van der Waals surface area (Å²) in [5.74, 6) is 1.47. The number of halogens is 1. The third-order valence-electron chi connectivity index (χ3n) is 3.94. The summed E-state index contributed by atoms with van der Waals surface area (Å²) in [4.78, 5) is 14.2. The van der Waals surface area contributed by atoms with Crippen LogP contribution in [0.15, 0.2) is 46.9 Å². The summed E-state index contributed by atoms with van der Waals surface area (Å²) in [5.41, 5.74) is 1.88. The van der Waals surface area contributed by atoms with Gasteiger partial charge in [0.25, 0.3) is 0 Å². The first kappa shape index (κ1) is 17.8. The Kier molecular flexibility index (Phi) is 5.60. The lowest BCUT2D eigenvalue weighted by atomic mass is 10.2. The van der Waals surface area contributed by atoms with Crippen molar-refractivity contribution in [2.45, 2.75) is 13.0 Å². The molecule has 0 spiro atoms. The molecule has 0 bridgehead atoms. The largest absolute Gasteiger partial charge is 0.486 e. The van der Waals surface area contributed by atoms with Crippen LogP contribution < -0.4 is 14.8 Å². The number of hydrogen-bond acceptors (Lipinski definition) is 4. The van der Waals surface area contributed by atoms with Gasteiger partial charge in [0, 0.05) is 16.7 Å². The summed E-state index contributed by atoms with van der Waals surface area (Å²) >= 11 is 3.46. The van der Waals surface area contributed by atoms with Crippen LogP contribution in [0.2, 0.25) is 0 Å². The van der Waals surface area contributed by atoms with Gasteiger partial charge in [0.1, 0.15) is 12.7 Å². The molecule has 1 N–H and O–H groups in total. The third kappa shape index (κ3) is 4.74. The molecular weight excluding hydrogens is 384 g/mol. The number of benzene rings is 2. The smallest absolute Gasteiger partial charge is 0.238 e. The number of hydrogen-bond donors (Lipinski definition) is 1. The molecular formula is C19H21BrN2O3. The van der Waals surface area contributed by atoms with Crippen molar-refractivity contribution < 1.29 is 14.3 Å². The molecule has 1 aliphatic heterocycles. The number of fused-ring (bicyclic) bond motifs is 1. The van der Waals surface area contributed by atoms with Gasteiger partial charge in [-0.2, -0.15) is 0 Å². The minimum atomic E-state index is -0.0948. The second-order valence-electron chi connectivity index (χ2n) is 6.21. The van der Waals surface area contributed by atoms with Gasteiger partial charge in [-0.1, -0.05) is 28.1 Å². The molecule has 1 atom stereocenters.